The monoisotopic (exact) mass is 346 g/mol. The second-order valence-electron chi connectivity index (χ2n) is 6.72. The van der Waals surface area contributed by atoms with Crippen LogP contribution in [-0.2, 0) is 4.79 Å². The third-order valence-corrected chi connectivity index (χ3v) is 5.85. The molecule has 2 saturated heterocycles. The Kier molecular flexibility index (Phi) is 5.95. The van der Waals surface area contributed by atoms with Crippen molar-refractivity contribution in [3.8, 4) is 0 Å². The summed E-state index contributed by atoms with van der Waals surface area (Å²) in [4.78, 5) is 30.0. The summed E-state index contributed by atoms with van der Waals surface area (Å²) in [7, 11) is 0. The second kappa shape index (κ2) is 8.17. The van der Waals surface area contributed by atoms with Gasteiger partial charge in [0.15, 0.2) is 5.78 Å². The zero-order valence-corrected chi connectivity index (χ0v) is 15.2. The van der Waals surface area contributed by atoms with Gasteiger partial charge >= 0.3 is 0 Å². The van der Waals surface area contributed by atoms with Gasteiger partial charge in [-0.2, -0.15) is 0 Å². The van der Waals surface area contributed by atoms with E-state index in [0.717, 1.165) is 57.5 Å². The highest BCUT2D eigenvalue weighted by molar-refractivity contribution is 7.98. The lowest BCUT2D eigenvalue weighted by Gasteiger charge is -2.33. The van der Waals surface area contributed by atoms with Crippen molar-refractivity contribution in [2.75, 3.05) is 39.0 Å². The van der Waals surface area contributed by atoms with Crippen LogP contribution in [-0.4, -0.2) is 60.5 Å². The molecule has 2 aliphatic rings. The summed E-state index contributed by atoms with van der Waals surface area (Å²) in [5.74, 6) is 0.645. The van der Waals surface area contributed by atoms with Gasteiger partial charge in [0.25, 0.3) is 0 Å². The molecule has 2 aliphatic heterocycles. The van der Waals surface area contributed by atoms with Gasteiger partial charge < -0.3 is 9.80 Å². The smallest absolute Gasteiger partial charge is 0.222 e. The summed E-state index contributed by atoms with van der Waals surface area (Å²) in [5, 5.41) is 0. The molecular formula is C19H26N2O2S. The number of amides is 1. The number of carbonyl (C=O) groups is 2. The van der Waals surface area contributed by atoms with Crippen LogP contribution >= 0.6 is 11.8 Å². The molecule has 1 unspecified atom stereocenters. The van der Waals surface area contributed by atoms with Crippen LogP contribution in [0.3, 0.4) is 0 Å². The summed E-state index contributed by atoms with van der Waals surface area (Å²) in [6.45, 7) is 4.46. The van der Waals surface area contributed by atoms with Gasteiger partial charge in [-0.25, -0.2) is 0 Å². The number of hydrogen-bond donors (Lipinski definition) is 0. The van der Waals surface area contributed by atoms with E-state index >= 15 is 0 Å². The minimum atomic E-state index is 0.0909. The molecule has 0 N–H and O–H groups in total. The van der Waals surface area contributed by atoms with E-state index in [-0.39, 0.29) is 17.6 Å². The summed E-state index contributed by atoms with van der Waals surface area (Å²) >= 11 is 1.69. The number of rotatable bonds is 6. The fourth-order valence-corrected chi connectivity index (χ4v) is 4.07. The molecule has 1 amide bonds. The van der Waals surface area contributed by atoms with Gasteiger partial charge in [0.05, 0.1) is 0 Å². The fourth-order valence-electron chi connectivity index (χ4n) is 3.67. The lowest BCUT2D eigenvalue weighted by molar-refractivity contribution is -0.127. The Balaban J connectivity index is 1.54. The van der Waals surface area contributed by atoms with Crippen LogP contribution in [0, 0.1) is 5.92 Å². The molecule has 0 spiro atoms. The van der Waals surface area contributed by atoms with Gasteiger partial charge in [-0.15, -0.1) is 11.8 Å². The Labute approximate surface area is 148 Å². The van der Waals surface area contributed by atoms with E-state index in [0.29, 0.717) is 6.42 Å². The van der Waals surface area contributed by atoms with Crippen LogP contribution < -0.4 is 0 Å². The number of carbonyl (C=O) groups excluding carboxylic acids is 2. The van der Waals surface area contributed by atoms with Gasteiger partial charge in [-0.3, -0.25) is 9.59 Å². The van der Waals surface area contributed by atoms with Crippen molar-refractivity contribution in [2.24, 2.45) is 5.92 Å². The normalized spacial score (nSPS) is 22.1. The number of Topliss-reactive ketones (excluding diaryl/α,β-unsaturated/α-hetero) is 1. The molecule has 130 valence electrons. The zero-order chi connectivity index (χ0) is 16.9. The average Bonchev–Trinajstić information content (AvgIpc) is 3.04. The highest BCUT2D eigenvalue weighted by atomic mass is 32.2. The van der Waals surface area contributed by atoms with Crippen LogP contribution in [0.1, 0.15) is 36.0 Å². The Morgan fingerprint density at radius 2 is 1.96 bits per heavy atom. The standard InChI is InChI=1S/C19H26N2O2S/c1-24-17-8-6-15(7-9-17)19(23)16-4-2-10-20(14-16)12-13-21-11-3-5-18(21)22/h6-9,16H,2-5,10-14H2,1H3. The molecule has 1 aromatic carbocycles. The third-order valence-electron chi connectivity index (χ3n) is 5.11. The van der Waals surface area contributed by atoms with Gasteiger partial charge in [0, 0.05) is 49.0 Å². The highest BCUT2D eigenvalue weighted by Crippen LogP contribution is 2.23. The summed E-state index contributed by atoms with van der Waals surface area (Å²) in [6.07, 6.45) is 5.77. The molecular weight excluding hydrogens is 320 g/mol. The molecule has 5 heteroatoms. The van der Waals surface area contributed by atoms with E-state index in [2.05, 4.69) is 4.90 Å². The zero-order valence-electron chi connectivity index (χ0n) is 14.4. The maximum atomic E-state index is 12.8. The molecule has 2 fully saturated rings. The summed E-state index contributed by atoms with van der Waals surface area (Å²) in [6, 6.07) is 7.96. The Bertz CT molecular complexity index is 588. The van der Waals surface area contributed by atoms with Crippen molar-refractivity contribution in [3.63, 3.8) is 0 Å². The van der Waals surface area contributed by atoms with E-state index in [4.69, 9.17) is 0 Å². The number of benzene rings is 1. The van der Waals surface area contributed by atoms with Crippen LogP contribution in [0.15, 0.2) is 29.2 Å². The Morgan fingerprint density at radius 3 is 2.62 bits per heavy atom. The van der Waals surface area contributed by atoms with Gasteiger partial charge in [0.1, 0.15) is 0 Å². The number of ketones is 1. The maximum Gasteiger partial charge on any atom is 0.222 e. The lowest BCUT2D eigenvalue weighted by atomic mass is 9.90. The first kappa shape index (κ1) is 17.5. The Morgan fingerprint density at radius 1 is 1.17 bits per heavy atom. The molecule has 0 saturated carbocycles. The van der Waals surface area contributed by atoms with Crippen molar-refractivity contribution in [1.29, 1.82) is 0 Å². The lowest BCUT2D eigenvalue weighted by Crippen LogP contribution is -2.43. The van der Waals surface area contributed by atoms with Crippen LogP contribution in [0.2, 0.25) is 0 Å². The molecule has 1 atom stereocenters. The van der Waals surface area contributed by atoms with Crippen molar-refractivity contribution in [3.05, 3.63) is 29.8 Å². The number of nitrogens with zero attached hydrogens (tertiary/aromatic N) is 2. The number of likely N-dealkylation sites (tertiary alicyclic amines) is 2. The van der Waals surface area contributed by atoms with Crippen molar-refractivity contribution in [2.45, 2.75) is 30.6 Å². The third kappa shape index (κ3) is 4.19. The fraction of sp³-hybridized carbons (Fsp3) is 0.579. The molecule has 4 nitrogen and oxygen atoms in total. The first-order chi connectivity index (χ1) is 11.7. The van der Waals surface area contributed by atoms with Crippen LogP contribution in [0.4, 0.5) is 0 Å². The summed E-state index contributed by atoms with van der Waals surface area (Å²) in [5.41, 5.74) is 0.828. The van der Waals surface area contributed by atoms with E-state index in [1.165, 1.54) is 4.90 Å². The molecule has 3 rings (SSSR count). The van der Waals surface area contributed by atoms with Crippen LogP contribution in [0.25, 0.3) is 0 Å². The molecule has 1 aromatic rings. The van der Waals surface area contributed by atoms with Crippen molar-refractivity contribution in [1.82, 2.24) is 9.80 Å². The maximum absolute atomic E-state index is 12.8. The number of hydrogen-bond acceptors (Lipinski definition) is 4. The predicted octanol–water partition coefficient (Wildman–Crippen LogP) is 2.93. The van der Waals surface area contributed by atoms with Crippen molar-refractivity contribution < 1.29 is 9.59 Å². The summed E-state index contributed by atoms with van der Waals surface area (Å²) < 4.78 is 0. The molecule has 0 aliphatic carbocycles. The van der Waals surface area contributed by atoms with Crippen LogP contribution in [0.5, 0.6) is 0 Å². The first-order valence-electron chi connectivity index (χ1n) is 8.86. The van der Waals surface area contributed by atoms with E-state index in [1.54, 1.807) is 11.8 Å². The van der Waals surface area contributed by atoms with Gasteiger partial charge in [0.2, 0.25) is 5.91 Å². The number of thioether (sulfide) groups is 1. The minimum Gasteiger partial charge on any atom is -0.341 e. The van der Waals surface area contributed by atoms with E-state index in [1.807, 2.05) is 35.4 Å². The van der Waals surface area contributed by atoms with Gasteiger partial charge in [-0.05, 0) is 44.2 Å². The van der Waals surface area contributed by atoms with E-state index < -0.39 is 0 Å². The highest BCUT2D eigenvalue weighted by Gasteiger charge is 2.27. The predicted molar refractivity (Wildman–Crippen MR) is 97.5 cm³/mol. The quantitative estimate of drug-likeness (QED) is 0.587. The number of piperidine rings is 1. The minimum absolute atomic E-state index is 0.0909. The Hall–Kier alpha value is -1.33. The SMILES string of the molecule is CSc1ccc(C(=O)C2CCCN(CCN3CCCC3=O)C2)cc1. The molecule has 0 aromatic heterocycles. The topological polar surface area (TPSA) is 40.6 Å². The van der Waals surface area contributed by atoms with Gasteiger partial charge in [-0.1, -0.05) is 12.1 Å². The second-order valence-corrected chi connectivity index (χ2v) is 7.60. The molecule has 0 bridgehead atoms. The largest absolute Gasteiger partial charge is 0.341 e. The first-order valence-corrected chi connectivity index (χ1v) is 10.1. The molecule has 0 radical (unpaired) electrons. The molecule has 24 heavy (non-hydrogen) atoms. The molecule has 2 heterocycles. The van der Waals surface area contributed by atoms with E-state index in [9.17, 15) is 9.59 Å². The van der Waals surface area contributed by atoms with Crippen molar-refractivity contribution >= 4 is 23.5 Å². The average molecular weight is 346 g/mol.